The zero-order valence-corrected chi connectivity index (χ0v) is 49.6. The van der Waals surface area contributed by atoms with Crippen LogP contribution in [0.5, 0.6) is 0 Å². The second-order valence-corrected chi connectivity index (χ2v) is 23.2. The molecular weight excluding hydrogens is 899 g/mol. The summed E-state index contributed by atoms with van der Waals surface area (Å²) in [6.07, 6.45) is 76.7. The van der Waals surface area contributed by atoms with Gasteiger partial charge in [-0.05, 0) is 51.4 Å². The minimum atomic E-state index is -0.664. The molecule has 434 valence electrons. The van der Waals surface area contributed by atoms with E-state index in [9.17, 15) is 19.8 Å². The van der Waals surface area contributed by atoms with Crippen molar-refractivity contribution in [3.63, 3.8) is 0 Å². The first-order valence-electron chi connectivity index (χ1n) is 33.4. The van der Waals surface area contributed by atoms with Gasteiger partial charge in [-0.1, -0.05) is 328 Å². The number of carbonyl (C=O) groups excluding carboxylic acids is 2. The Bertz CT molecular complexity index is 1100. The lowest BCUT2D eigenvalue weighted by molar-refractivity contribution is -0.143. The maximum atomic E-state index is 12.5. The summed E-state index contributed by atoms with van der Waals surface area (Å²) >= 11 is 0. The molecule has 1 amide bonds. The topological polar surface area (TPSA) is 95.9 Å². The molecule has 0 aliphatic heterocycles. The summed E-state index contributed by atoms with van der Waals surface area (Å²) in [7, 11) is 0. The number of allylic oxidation sites excluding steroid dienone is 2. The highest BCUT2D eigenvalue weighted by Crippen LogP contribution is 2.19. The molecule has 0 aliphatic carbocycles. The van der Waals surface area contributed by atoms with Crippen LogP contribution in [-0.2, 0) is 14.3 Å². The number of rotatable bonds is 63. The van der Waals surface area contributed by atoms with E-state index in [0.717, 1.165) is 38.5 Å². The lowest BCUT2D eigenvalue weighted by Gasteiger charge is -2.22. The van der Waals surface area contributed by atoms with Crippen LogP contribution in [0.1, 0.15) is 380 Å². The van der Waals surface area contributed by atoms with Crippen LogP contribution in [0.15, 0.2) is 12.2 Å². The molecule has 2 atom stereocenters. The summed E-state index contributed by atoms with van der Waals surface area (Å²) in [6.45, 7) is 4.99. The molecule has 6 heteroatoms. The smallest absolute Gasteiger partial charge is 0.305 e. The molecule has 0 saturated heterocycles. The second kappa shape index (κ2) is 63.1. The SMILES string of the molecule is CCCCCCCCCCCCCCCCCCC(O)C(CO)NC(=O)CCCCCCCCCCCCC/C=C\CCCCCCCCCCCCCCOC(=O)CCCCCCCCCCCCCCC. The van der Waals surface area contributed by atoms with Gasteiger partial charge in [-0.3, -0.25) is 9.59 Å². The van der Waals surface area contributed by atoms with Crippen LogP contribution in [-0.4, -0.2) is 47.4 Å². The number of esters is 1. The van der Waals surface area contributed by atoms with Crippen molar-refractivity contribution in [2.45, 2.75) is 392 Å². The third kappa shape index (κ3) is 59.7. The summed E-state index contributed by atoms with van der Waals surface area (Å²) in [6, 6.07) is -0.541. The zero-order chi connectivity index (χ0) is 52.9. The Balaban J connectivity index is 3.37. The van der Waals surface area contributed by atoms with Gasteiger partial charge in [-0.15, -0.1) is 0 Å². The van der Waals surface area contributed by atoms with Crippen molar-refractivity contribution in [1.29, 1.82) is 0 Å². The predicted octanol–water partition coefficient (Wildman–Crippen LogP) is 21.2. The van der Waals surface area contributed by atoms with Gasteiger partial charge in [0.05, 0.1) is 25.4 Å². The van der Waals surface area contributed by atoms with Crippen molar-refractivity contribution in [1.82, 2.24) is 5.32 Å². The van der Waals surface area contributed by atoms with Crippen molar-refractivity contribution >= 4 is 11.9 Å². The van der Waals surface area contributed by atoms with Crippen LogP contribution in [0.25, 0.3) is 0 Å². The summed E-state index contributed by atoms with van der Waals surface area (Å²) in [4.78, 5) is 24.5. The van der Waals surface area contributed by atoms with Crippen molar-refractivity contribution in [2.24, 2.45) is 0 Å². The predicted molar refractivity (Wildman–Crippen MR) is 320 cm³/mol. The lowest BCUT2D eigenvalue weighted by atomic mass is 10.0. The van der Waals surface area contributed by atoms with Gasteiger partial charge in [0, 0.05) is 12.8 Å². The molecule has 2 unspecified atom stereocenters. The van der Waals surface area contributed by atoms with Gasteiger partial charge >= 0.3 is 5.97 Å². The minimum Gasteiger partial charge on any atom is -0.466 e. The Morgan fingerprint density at radius 3 is 0.973 bits per heavy atom. The quantitative estimate of drug-likeness (QED) is 0.0320. The standard InChI is InChI=1S/C67H131NO5/c1-3-5-7-9-11-13-15-17-18-32-36-39-43-47-51-55-59-65(70)64(63-69)68-66(71)60-56-52-48-44-40-37-33-30-28-26-24-22-20-19-21-23-25-27-29-31-34-38-42-46-50-54-58-62-73-67(72)61-57-53-49-45-41-35-16-14-12-10-8-6-4-2/h19-20,64-65,69-70H,3-18,21-63H2,1-2H3,(H,68,71)/b20-19-. The van der Waals surface area contributed by atoms with Crippen LogP contribution >= 0.6 is 0 Å². The fourth-order valence-corrected chi connectivity index (χ4v) is 10.7. The van der Waals surface area contributed by atoms with E-state index in [1.54, 1.807) is 0 Å². The van der Waals surface area contributed by atoms with Crippen LogP contribution in [0, 0.1) is 0 Å². The molecule has 0 aromatic rings. The maximum absolute atomic E-state index is 12.5. The average molecular weight is 1030 g/mol. The van der Waals surface area contributed by atoms with Crippen molar-refractivity contribution in [3.05, 3.63) is 12.2 Å². The normalized spacial score (nSPS) is 12.5. The van der Waals surface area contributed by atoms with E-state index < -0.39 is 12.1 Å². The average Bonchev–Trinajstić information content (AvgIpc) is 3.39. The van der Waals surface area contributed by atoms with Gasteiger partial charge in [0.15, 0.2) is 0 Å². The molecule has 0 aromatic heterocycles. The molecule has 6 nitrogen and oxygen atoms in total. The summed E-state index contributed by atoms with van der Waals surface area (Å²) in [5.41, 5.74) is 0. The number of nitrogens with one attached hydrogen (secondary N) is 1. The van der Waals surface area contributed by atoms with Crippen molar-refractivity contribution in [2.75, 3.05) is 13.2 Å². The zero-order valence-electron chi connectivity index (χ0n) is 49.6. The number of aliphatic hydroxyl groups is 2. The third-order valence-electron chi connectivity index (χ3n) is 15.8. The van der Waals surface area contributed by atoms with E-state index in [1.165, 1.54) is 308 Å². The maximum Gasteiger partial charge on any atom is 0.305 e. The van der Waals surface area contributed by atoms with Gasteiger partial charge in [0.25, 0.3) is 0 Å². The van der Waals surface area contributed by atoms with E-state index in [4.69, 9.17) is 4.74 Å². The monoisotopic (exact) mass is 1030 g/mol. The Labute approximate surface area is 457 Å². The van der Waals surface area contributed by atoms with Crippen LogP contribution in [0.3, 0.4) is 0 Å². The Morgan fingerprint density at radius 2 is 0.644 bits per heavy atom. The molecule has 0 aromatic carbocycles. The van der Waals surface area contributed by atoms with E-state index in [1.807, 2.05) is 0 Å². The molecule has 0 radical (unpaired) electrons. The van der Waals surface area contributed by atoms with Crippen LogP contribution < -0.4 is 5.32 Å². The first-order chi connectivity index (χ1) is 36.0. The first-order valence-corrected chi connectivity index (χ1v) is 33.4. The first kappa shape index (κ1) is 71.6. The number of unbranched alkanes of at least 4 members (excludes halogenated alkanes) is 50. The van der Waals surface area contributed by atoms with E-state index in [0.29, 0.717) is 25.9 Å². The summed E-state index contributed by atoms with van der Waals surface area (Å²) < 4.78 is 5.48. The molecule has 3 N–H and O–H groups in total. The van der Waals surface area contributed by atoms with Gasteiger partial charge in [0.2, 0.25) is 5.91 Å². The van der Waals surface area contributed by atoms with Crippen molar-refractivity contribution < 1.29 is 24.5 Å². The highest BCUT2D eigenvalue weighted by atomic mass is 16.5. The molecule has 0 heterocycles. The van der Waals surface area contributed by atoms with E-state index >= 15 is 0 Å². The minimum absolute atomic E-state index is 0.0174. The molecule has 0 rings (SSSR count). The number of amides is 1. The molecule has 0 spiro atoms. The van der Waals surface area contributed by atoms with E-state index in [2.05, 4.69) is 31.3 Å². The summed E-state index contributed by atoms with van der Waals surface area (Å²) in [5.74, 6) is -0.0151. The van der Waals surface area contributed by atoms with Gasteiger partial charge in [-0.2, -0.15) is 0 Å². The number of carbonyl (C=O) groups is 2. The largest absolute Gasteiger partial charge is 0.466 e. The number of aliphatic hydroxyl groups excluding tert-OH is 2. The van der Waals surface area contributed by atoms with Crippen LogP contribution in [0.4, 0.5) is 0 Å². The molecule has 0 bridgehead atoms. The van der Waals surface area contributed by atoms with Gasteiger partial charge < -0.3 is 20.3 Å². The number of ether oxygens (including phenoxy) is 1. The molecular formula is C67H131NO5. The lowest BCUT2D eigenvalue weighted by Crippen LogP contribution is -2.45. The van der Waals surface area contributed by atoms with E-state index in [-0.39, 0.29) is 18.5 Å². The molecule has 0 saturated carbocycles. The molecule has 73 heavy (non-hydrogen) atoms. The Morgan fingerprint density at radius 1 is 0.370 bits per heavy atom. The Kier molecular flexibility index (Phi) is 61.9. The highest BCUT2D eigenvalue weighted by molar-refractivity contribution is 5.76. The fraction of sp³-hybridized carbons (Fsp3) is 0.940. The Hall–Kier alpha value is -1.40. The van der Waals surface area contributed by atoms with Gasteiger partial charge in [-0.25, -0.2) is 0 Å². The second-order valence-electron chi connectivity index (χ2n) is 23.2. The number of hydrogen-bond donors (Lipinski definition) is 3. The number of hydrogen-bond acceptors (Lipinski definition) is 5. The van der Waals surface area contributed by atoms with Crippen molar-refractivity contribution in [3.8, 4) is 0 Å². The highest BCUT2D eigenvalue weighted by Gasteiger charge is 2.20. The fourth-order valence-electron chi connectivity index (χ4n) is 10.7. The van der Waals surface area contributed by atoms with Crippen LogP contribution in [0.2, 0.25) is 0 Å². The summed E-state index contributed by atoms with van der Waals surface area (Å²) in [5, 5.41) is 23.3. The third-order valence-corrected chi connectivity index (χ3v) is 15.8. The molecule has 0 aliphatic rings. The molecule has 0 fully saturated rings. The van der Waals surface area contributed by atoms with Gasteiger partial charge in [0.1, 0.15) is 0 Å².